The number of thiazole rings is 2. The number of aromatic amines is 2. The summed E-state index contributed by atoms with van der Waals surface area (Å²) in [6, 6.07) is 39.8. The van der Waals surface area contributed by atoms with Crippen molar-refractivity contribution in [2.75, 3.05) is 43.1 Å². The van der Waals surface area contributed by atoms with E-state index in [1.165, 1.54) is 27.4 Å². The first kappa shape index (κ1) is 57.3. The molecule has 0 radical (unpaired) electrons. The van der Waals surface area contributed by atoms with E-state index in [0.29, 0.717) is 59.4 Å². The van der Waals surface area contributed by atoms with Gasteiger partial charge in [-0.05, 0) is 120 Å². The highest BCUT2D eigenvalue weighted by molar-refractivity contribution is 7.80. The molecule has 0 unspecified atom stereocenters. The number of nitrogens with zero attached hydrogens (tertiary/aromatic N) is 9. The van der Waals surface area contributed by atoms with Crippen molar-refractivity contribution < 1.29 is 19.1 Å². The Labute approximate surface area is 509 Å². The number of thiocarbonyl (C=S) groups is 1. The van der Waals surface area contributed by atoms with E-state index in [2.05, 4.69) is 127 Å². The first-order valence-corrected chi connectivity index (χ1v) is 30.8. The predicted molar refractivity (Wildman–Crippen MR) is 346 cm³/mol. The molecule has 19 heteroatoms. The number of nitriles is 1. The Bertz CT molecular complexity index is 4410. The summed E-state index contributed by atoms with van der Waals surface area (Å²) in [7, 11) is 0.958. The Hall–Kier alpha value is -9.19. The zero-order valence-corrected chi connectivity index (χ0v) is 49.7. The molecule has 10 heterocycles. The Morgan fingerprint density at radius 3 is 1.57 bits per heavy atom. The second-order valence-corrected chi connectivity index (χ2v) is 23.7. The minimum absolute atomic E-state index is 0.114. The van der Waals surface area contributed by atoms with Crippen LogP contribution in [0.5, 0.6) is 0 Å². The first-order chi connectivity index (χ1) is 42.1. The zero-order valence-electron chi connectivity index (χ0n) is 47.2. The van der Waals surface area contributed by atoms with Gasteiger partial charge in [-0.3, -0.25) is 9.59 Å². The normalized spacial score (nSPS) is 13.8. The number of carbonyl (C=O) groups excluding carboxylic acids is 2. The van der Waals surface area contributed by atoms with Gasteiger partial charge in [-0.25, -0.2) is 19.9 Å². The highest BCUT2D eigenvalue weighted by Crippen LogP contribution is 2.40. The molecule has 0 amide bonds. The van der Waals surface area contributed by atoms with Crippen molar-refractivity contribution in [2.24, 2.45) is 5.73 Å². The minimum atomic E-state index is 0.114. The van der Waals surface area contributed by atoms with Gasteiger partial charge in [0.05, 0.1) is 18.7 Å². The lowest BCUT2D eigenvalue weighted by Crippen LogP contribution is -2.34. The number of nitrogens with one attached hydrogen (secondary N) is 2. The molecule has 2 aliphatic rings. The molecule has 4 aromatic carbocycles. The molecule has 4 N–H and O–H groups in total. The number of benzene rings is 4. The van der Waals surface area contributed by atoms with Crippen LogP contribution in [0.3, 0.4) is 0 Å². The Morgan fingerprint density at radius 2 is 1.12 bits per heavy atom. The van der Waals surface area contributed by atoms with Crippen LogP contribution < -0.4 is 15.5 Å². The zero-order chi connectivity index (χ0) is 59.1. The lowest BCUT2D eigenvalue weighted by atomic mass is 9.99. The van der Waals surface area contributed by atoms with E-state index >= 15 is 0 Å². The van der Waals surface area contributed by atoms with E-state index in [1.807, 2.05) is 77.8 Å². The Balaban J connectivity index is 0.000000161. The number of hydrogen-bond donors (Lipinski definition) is 3. The molecule has 14 rings (SSSR count). The van der Waals surface area contributed by atoms with Crippen LogP contribution in [0.4, 0.5) is 14.8 Å². The molecule has 86 heavy (non-hydrogen) atoms. The second-order valence-electron chi connectivity index (χ2n) is 21.5. The number of fused-ring (bicyclic) bond motifs is 4. The highest BCUT2D eigenvalue weighted by Gasteiger charge is 2.27. The summed E-state index contributed by atoms with van der Waals surface area (Å²) < 4.78 is 14.7. The number of pyridine rings is 2. The topological polar surface area (TPSA) is 193 Å². The van der Waals surface area contributed by atoms with Crippen LogP contribution in [-0.2, 0) is 17.8 Å². The molecule has 15 nitrogen and oxygen atoms in total. The molecule has 0 saturated carbocycles. The average Bonchev–Trinajstić information content (AvgIpc) is 2.67. The van der Waals surface area contributed by atoms with Crippen molar-refractivity contribution in [3.8, 4) is 28.3 Å². The molecule has 2 saturated heterocycles. The van der Waals surface area contributed by atoms with Gasteiger partial charge < -0.3 is 34.6 Å². The lowest BCUT2D eigenvalue weighted by Gasteiger charge is -2.33. The fourth-order valence-electron chi connectivity index (χ4n) is 12.1. The van der Waals surface area contributed by atoms with Gasteiger partial charge in [0.15, 0.2) is 21.8 Å². The number of nitrogens with two attached hydrogens (primary N) is 1. The summed E-state index contributed by atoms with van der Waals surface area (Å²) in [6.07, 6.45) is 21.6. The number of carbonyl (C=O) groups is 2. The van der Waals surface area contributed by atoms with E-state index < -0.39 is 0 Å². The van der Waals surface area contributed by atoms with Crippen LogP contribution in [0.1, 0.15) is 93.6 Å². The second kappa shape index (κ2) is 26.0. The number of hydrogen-bond acceptors (Lipinski definition) is 13. The maximum Gasteiger partial charge on any atom is 0.185 e. The van der Waals surface area contributed by atoms with Gasteiger partial charge in [0.2, 0.25) is 0 Å². The number of rotatable bonds is 15. The molecule has 8 aromatic heterocycles. The quantitative estimate of drug-likeness (QED) is 0.0651. The summed E-state index contributed by atoms with van der Waals surface area (Å²) in [4.78, 5) is 58.2. The maximum absolute atomic E-state index is 13.2. The Kier molecular flexibility index (Phi) is 17.3. The van der Waals surface area contributed by atoms with Crippen LogP contribution in [0, 0.1) is 11.3 Å². The molecule has 432 valence electrons. The largest absolute Gasteiger partial charge is 0.389 e. The molecule has 12 aromatic rings. The van der Waals surface area contributed by atoms with Crippen LogP contribution in [0.2, 0.25) is 0 Å². The van der Waals surface area contributed by atoms with Crippen molar-refractivity contribution in [1.82, 2.24) is 39.0 Å². The third-order valence-electron chi connectivity index (χ3n) is 16.4. The van der Waals surface area contributed by atoms with Crippen molar-refractivity contribution in [3.05, 3.63) is 203 Å². The van der Waals surface area contributed by atoms with Gasteiger partial charge in [0, 0.05) is 172 Å². The standard InChI is InChI=1S/C33H30N6OS2.C33H28N6OS.CH3FO/c34-31(41)23-4-1-3-22(18-23)28-20-39(24-10-14-38(15-11-24)33-36-13-16-42-33)29-17-21(6-8-25(28)29)7-9-30(40)27-19-37-32-26(27)5-2-12-35-32;34-19-23-3-1-4-24(17-23)29-21-39(25-10-14-38(15-11-25)33-36-13-16-41-33)30-18-22(6-8-26(29)30)7-9-31(40)28-20-37-32-27(28)5-2-12-35-32;1-3-2/h1-6,8,12-13,16-20,24H,7,9-11,14-15H2,(H2,34,41)(H,35,37);1-6,8,12-13,16-18,20-21,25H,7,9-11,14-15H2,(H,35,37);1H3. The van der Waals surface area contributed by atoms with E-state index in [9.17, 15) is 19.4 Å². The number of Topliss-reactive ketones (excluding diaryl/α,β-unsaturated/α-hetero) is 2. The molecule has 0 atom stereocenters. The van der Waals surface area contributed by atoms with E-state index in [4.69, 9.17) is 18.0 Å². The summed E-state index contributed by atoms with van der Waals surface area (Å²) in [5, 5.41) is 19.9. The number of anilines is 2. The van der Waals surface area contributed by atoms with Gasteiger partial charge in [-0.1, -0.05) is 66.8 Å². The molecule has 0 spiro atoms. The molecular weight excluding hydrogens is 1140 g/mol. The smallest absolute Gasteiger partial charge is 0.185 e. The predicted octanol–water partition coefficient (Wildman–Crippen LogP) is 14.6. The average molecular weight is 1200 g/mol. The van der Waals surface area contributed by atoms with Gasteiger partial charge in [0.1, 0.15) is 16.3 Å². The van der Waals surface area contributed by atoms with Gasteiger partial charge >= 0.3 is 0 Å². The van der Waals surface area contributed by atoms with E-state index in [0.717, 1.165) is 125 Å². The van der Waals surface area contributed by atoms with Crippen molar-refractivity contribution in [1.29, 1.82) is 5.26 Å². The number of H-pyrrole nitrogens is 2. The third-order valence-corrected chi connectivity index (χ3v) is 18.3. The monoisotopic (exact) mass is 1200 g/mol. The maximum atomic E-state index is 13.2. The van der Waals surface area contributed by atoms with Crippen molar-refractivity contribution in [3.63, 3.8) is 0 Å². The fourth-order valence-corrected chi connectivity index (χ4v) is 13.7. The van der Waals surface area contributed by atoms with E-state index in [-0.39, 0.29) is 11.6 Å². The minimum Gasteiger partial charge on any atom is -0.389 e. The van der Waals surface area contributed by atoms with Crippen LogP contribution in [0.15, 0.2) is 170 Å². The number of aryl methyl sites for hydroxylation is 2. The molecule has 0 aliphatic carbocycles. The molecule has 2 aliphatic heterocycles. The summed E-state index contributed by atoms with van der Waals surface area (Å²) in [5.74, 6) is 0.234. The third kappa shape index (κ3) is 12.2. The lowest BCUT2D eigenvalue weighted by molar-refractivity contribution is -0.0960. The van der Waals surface area contributed by atoms with Crippen LogP contribution in [0.25, 0.3) is 66.1 Å². The molecular formula is C67H61FN12O3S3. The van der Waals surface area contributed by atoms with Crippen LogP contribution >= 0.6 is 34.9 Å². The first-order valence-electron chi connectivity index (χ1n) is 28.7. The van der Waals surface area contributed by atoms with Crippen LogP contribution in [-0.4, -0.2) is 88.9 Å². The van der Waals surface area contributed by atoms with Gasteiger partial charge in [-0.2, -0.15) is 10.2 Å². The fraction of sp³-hybridized carbons (Fsp3) is 0.224. The molecule has 2 fully saturated rings. The number of piperidine rings is 2. The Morgan fingerprint density at radius 1 is 0.640 bits per heavy atom. The van der Waals surface area contributed by atoms with E-state index in [1.54, 1.807) is 47.5 Å². The summed E-state index contributed by atoms with van der Waals surface area (Å²) in [5.41, 5.74) is 19.5. The van der Waals surface area contributed by atoms with Crippen molar-refractivity contribution >= 4 is 106 Å². The molecule has 0 bridgehead atoms. The SMILES string of the molecule is COF.N#Cc1cccc(-c2cn(C3CCN(c4nccs4)CC3)c3cc(CCC(=O)c4c[nH]c5ncccc45)ccc23)c1.NC(=S)c1cccc(-c2cn(C3CCN(c4nccs4)CC3)c3cc(CCC(=O)c4c[nH]c5ncccc45)ccc23)c1. The number of aromatic nitrogens is 8. The van der Waals surface area contributed by atoms with Crippen molar-refractivity contribution in [2.45, 2.75) is 63.5 Å². The van der Waals surface area contributed by atoms with Gasteiger partial charge in [-0.15, -0.1) is 22.7 Å². The highest BCUT2D eigenvalue weighted by atomic mass is 32.1. The summed E-state index contributed by atoms with van der Waals surface area (Å²) >= 11 is 8.66. The summed E-state index contributed by atoms with van der Waals surface area (Å²) in [6.45, 7) is 3.87. The van der Waals surface area contributed by atoms with Gasteiger partial charge in [0.25, 0.3) is 0 Å². The number of halogens is 1. The number of ketones is 2.